The zero-order valence-corrected chi connectivity index (χ0v) is 10.7. The van der Waals surface area contributed by atoms with Gasteiger partial charge in [0.25, 0.3) is 0 Å². The Morgan fingerprint density at radius 2 is 1.88 bits per heavy atom. The van der Waals surface area contributed by atoms with Crippen LogP contribution < -0.4 is 4.74 Å². The topological polar surface area (TPSA) is 26.3 Å². The van der Waals surface area contributed by atoms with Crippen molar-refractivity contribution >= 4 is 16.7 Å². The third kappa shape index (κ3) is 2.08. The van der Waals surface area contributed by atoms with Crippen LogP contribution >= 0.6 is 0 Å². The number of benzene rings is 1. The van der Waals surface area contributed by atoms with Crippen LogP contribution in [-0.2, 0) is 10.9 Å². The molecule has 3 rings (SSSR count). The number of fused-ring (bicyclic) bond motifs is 1. The third-order valence-electron chi connectivity index (χ3n) is 3.55. The molecule has 1 atom stereocenters. The van der Waals surface area contributed by atoms with E-state index in [0.717, 1.165) is 11.3 Å². The second kappa shape index (κ2) is 4.73. The van der Waals surface area contributed by atoms with E-state index in [-0.39, 0.29) is 16.1 Å². The number of carbonyl (C=O) groups is 1. The fourth-order valence-corrected chi connectivity index (χ4v) is 5.21. The van der Waals surface area contributed by atoms with Crippen molar-refractivity contribution in [1.29, 1.82) is 0 Å². The van der Waals surface area contributed by atoms with E-state index in [0.29, 0.717) is 12.4 Å². The Kier molecular flexibility index (Phi) is 3.10. The molecule has 0 N–H and O–H groups in total. The van der Waals surface area contributed by atoms with Gasteiger partial charge in [-0.25, -0.2) is 0 Å². The number of ketones is 1. The van der Waals surface area contributed by atoms with Crippen LogP contribution in [0.5, 0.6) is 5.75 Å². The molecule has 17 heavy (non-hydrogen) atoms. The zero-order chi connectivity index (χ0) is 11.7. The van der Waals surface area contributed by atoms with Gasteiger partial charge in [0.05, 0.1) is 5.56 Å². The van der Waals surface area contributed by atoms with Crippen molar-refractivity contribution in [1.82, 2.24) is 0 Å². The Balaban J connectivity index is 1.83. The molecule has 3 heteroatoms. The van der Waals surface area contributed by atoms with Gasteiger partial charge >= 0.3 is 0 Å². The molecular formula is C14H17O2S+. The highest BCUT2D eigenvalue weighted by molar-refractivity contribution is 7.98. The smallest absolute Gasteiger partial charge is 0.222 e. The molecule has 0 amide bonds. The molecule has 2 heterocycles. The monoisotopic (exact) mass is 249 g/mol. The van der Waals surface area contributed by atoms with E-state index in [9.17, 15) is 4.79 Å². The second-order valence-corrected chi connectivity index (χ2v) is 7.13. The molecule has 1 saturated heterocycles. The maximum Gasteiger partial charge on any atom is 0.222 e. The summed E-state index contributed by atoms with van der Waals surface area (Å²) in [6.45, 7) is 0.596. The lowest BCUT2D eigenvalue weighted by Gasteiger charge is -2.26. The highest BCUT2D eigenvalue weighted by atomic mass is 32.2. The quantitative estimate of drug-likeness (QED) is 0.715. The van der Waals surface area contributed by atoms with Crippen LogP contribution in [0.25, 0.3) is 0 Å². The molecule has 0 bridgehead atoms. The second-order valence-electron chi connectivity index (χ2n) is 4.67. The first kappa shape index (κ1) is 11.1. The van der Waals surface area contributed by atoms with Crippen LogP contribution in [-0.4, -0.2) is 29.1 Å². The molecule has 1 aromatic rings. The fraction of sp³-hybridized carbons (Fsp3) is 0.500. The van der Waals surface area contributed by atoms with Crippen molar-refractivity contribution < 1.29 is 9.53 Å². The van der Waals surface area contributed by atoms with Crippen molar-refractivity contribution in [2.75, 3.05) is 18.1 Å². The largest absolute Gasteiger partial charge is 0.487 e. The van der Waals surface area contributed by atoms with Gasteiger partial charge < -0.3 is 4.74 Å². The van der Waals surface area contributed by atoms with Crippen molar-refractivity contribution in [2.24, 2.45) is 0 Å². The Labute approximate surface area is 105 Å². The lowest BCUT2D eigenvalue weighted by Crippen LogP contribution is -2.43. The summed E-state index contributed by atoms with van der Waals surface area (Å²) in [7, 11) is 0.257. The molecule has 1 fully saturated rings. The van der Waals surface area contributed by atoms with E-state index < -0.39 is 0 Å². The summed E-state index contributed by atoms with van der Waals surface area (Å²) in [6.07, 6.45) is 3.91. The minimum absolute atomic E-state index is 0.130. The molecule has 1 aromatic carbocycles. The molecule has 0 aliphatic carbocycles. The first-order chi connectivity index (χ1) is 8.36. The van der Waals surface area contributed by atoms with Crippen LogP contribution in [0.2, 0.25) is 0 Å². The molecule has 2 aliphatic heterocycles. The van der Waals surface area contributed by atoms with Crippen LogP contribution in [0.3, 0.4) is 0 Å². The molecular weight excluding hydrogens is 232 g/mol. The summed E-state index contributed by atoms with van der Waals surface area (Å²) in [4.78, 5) is 12.4. The summed E-state index contributed by atoms with van der Waals surface area (Å²) in [5, 5.41) is 0.130. The maximum absolute atomic E-state index is 12.4. The highest BCUT2D eigenvalue weighted by Crippen LogP contribution is 2.29. The number of carbonyl (C=O) groups excluding carboxylic acids is 1. The number of ether oxygens (including phenoxy) is 1. The summed E-state index contributed by atoms with van der Waals surface area (Å²) in [6, 6.07) is 7.65. The SMILES string of the molecule is O=C1c2ccccc2OCC1[S+]1CCCCC1. The predicted molar refractivity (Wildman–Crippen MR) is 71.0 cm³/mol. The molecule has 0 radical (unpaired) electrons. The Morgan fingerprint density at radius 1 is 1.12 bits per heavy atom. The third-order valence-corrected chi connectivity index (χ3v) is 6.33. The summed E-state index contributed by atoms with van der Waals surface area (Å²) in [5.74, 6) is 3.54. The standard InChI is InChI=1S/C14H17O2S/c15-14-11-6-2-3-7-12(11)16-10-13(14)17-8-4-1-5-9-17/h2-3,6-7,13H,1,4-5,8-10H2/q+1. The van der Waals surface area contributed by atoms with Gasteiger partial charge in [-0.05, 0) is 31.4 Å². The van der Waals surface area contributed by atoms with Gasteiger partial charge in [-0.3, -0.25) is 4.79 Å². The van der Waals surface area contributed by atoms with E-state index in [1.807, 2.05) is 24.3 Å². The van der Waals surface area contributed by atoms with E-state index in [4.69, 9.17) is 4.74 Å². The lowest BCUT2D eigenvalue weighted by atomic mass is 10.1. The number of rotatable bonds is 1. The van der Waals surface area contributed by atoms with Crippen LogP contribution in [0.4, 0.5) is 0 Å². The molecule has 2 aliphatic rings. The van der Waals surface area contributed by atoms with Gasteiger partial charge in [0, 0.05) is 10.9 Å². The fourth-order valence-electron chi connectivity index (χ4n) is 2.60. The molecule has 90 valence electrons. The molecule has 0 spiro atoms. The first-order valence-corrected chi connectivity index (χ1v) is 7.91. The Morgan fingerprint density at radius 3 is 2.71 bits per heavy atom. The summed E-state index contributed by atoms with van der Waals surface area (Å²) < 4.78 is 5.75. The van der Waals surface area contributed by atoms with Gasteiger partial charge in [0.2, 0.25) is 11.0 Å². The van der Waals surface area contributed by atoms with Crippen molar-refractivity contribution in [3.63, 3.8) is 0 Å². The normalized spacial score (nSPS) is 25.2. The average molecular weight is 249 g/mol. The Bertz CT molecular complexity index is 424. The molecule has 1 unspecified atom stereocenters. The minimum Gasteiger partial charge on any atom is -0.487 e. The summed E-state index contributed by atoms with van der Waals surface area (Å²) >= 11 is 0. The zero-order valence-electron chi connectivity index (χ0n) is 9.85. The van der Waals surface area contributed by atoms with E-state index >= 15 is 0 Å². The van der Waals surface area contributed by atoms with Gasteiger partial charge in [-0.2, -0.15) is 0 Å². The highest BCUT2D eigenvalue weighted by Gasteiger charge is 2.42. The molecule has 0 aromatic heterocycles. The van der Waals surface area contributed by atoms with Gasteiger partial charge in [0.1, 0.15) is 23.9 Å². The molecule has 2 nitrogen and oxygen atoms in total. The van der Waals surface area contributed by atoms with Crippen molar-refractivity contribution in [3.05, 3.63) is 29.8 Å². The van der Waals surface area contributed by atoms with Crippen LogP contribution in [0.1, 0.15) is 29.6 Å². The lowest BCUT2D eigenvalue weighted by molar-refractivity contribution is 0.0941. The van der Waals surface area contributed by atoms with Gasteiger partial charge in [0.15, 0.2) is 0 Å². The van der Waals surface area contributed by atoms with Crippen molar-refractivity contribution in [3.8, 4) is 5.75 Å². The Hall–Kier alpha value is -0.960. The van der Waals surface area contributed by atoms with E-state index in [1.54, 1.807) is 0 Å². The molecule has 0 saturated carbocycles. The average Bonchev–Trinajstić information content (AvgIpc) is 2.40. The number of Topliss-reactive ketones (excluding diaryl/α,β-unsaturated/α-hetero) is 1. The van der Waals surface area contributed by atoms with E-state index in [1.165, 1.54) is 30.8 Å². The van der Waals surface area contributed by atoms with E-state index in [2.05, 4.69) is 0 Å². The van der Waals surface area contributed by atoms with Crippen LogP contribution in [0.15, 0.2) is 24.3 Å². The summed E-state index contributed by atoms with van der Waals surface area (Å²) in [5.41, 5.74) is 0.793. The number of para-hydroxylation sites is 1. The first-order valence-electron chi connectivity index (χ1n) is 6.28. The van der Waals surface area contributed by atoms with Crippen molar-refractivity contribution in [2.45, 2.75) is 24.5 Å². The predicted octanol–water partition coefficient (Wildman–Crippen LogP) is 2.43. The number of hydrogen-bond donors (Lipinski definition) is 0. The minimum atomic E-state index is 0.130. The maximum atomic E-state index is 12.4. The van der Waals surface area contributed by atoms with Gasteiger partial charge in [-0.15, -0.1) is 0 Å². The van der Waals surface area contributed by atoms with Crippen LogP contribution in [0, 0.1) is 0 Å². The van der Waals surface area contributed by atoms with Gasteiger partial charge in [-0.1, -0.05) is 12.1 Å². The number of hydrogen-bond acceptors (Lipinski definition) is 2.